The van der Waals surface area contributed by atoms with Crippen LogP contribution in [0.4, 0.5) is 15.9 Å². The first-order valence-electron chi connectivity index (χ1n) is 9.26. The molecule has 4 N–H and O–H groups in total. The van der Waals surface area contributed by atoms with Crippen LogP contribution in [0.5, 0.6) is 0 Å². The summed E-state index contributed by atoms with van der Waals surface area (Å²) in [7, 11) is 0. The molecule has 0 radical (unpaired) electrons. The molecule has 2 aromatic carbocycles. The number of nitrogens with two attached hydrogens (primary N) is 1. The van der Waals surface area contributed by atoms with Crippen LogP contribution < -0.4 is 11.1 Å². The van der Waals surface area contributed by atoms with E-state index >= 15 is 0 Å². The van der Waals surface area contributed by atoms with Crippen molar-refractivity contribution >= 4 is 40.0 Å². The third kappa shape index (κ3) is 3.92. The van der Waals surface area contributed by atoms with Crippen molar-refractivity contribution in [3.8, 4) is 5.69 Å². The zero-order valence-electron chi connectivity index (χ0n) is 16.6. The van der Waals surface area contributed by atoms with E-state index in [9.17, 15) is 14.3 Å². The summed E-state index contributed by atoms with van der Waals surface area (Å²) in [5, 5.41) is 17.5. The lowest BCUT2D eigenvalue weighted by atomic mass is 10.1. The van der Waals surface area contributed by atoms with Gasteiger partial charge in [-0.1, -0.05) is 11.6 Å². The Morgan fingerprint density at radius 3 is 2.71 bits per heavy atom. The predicted octanol–water partition coefficient (Wildman–Crippen LogP) is 3.48. The number of anilines is 2. The predicted molar refractivity (Wildman–Crippen MR) is 116 cm³/mol. The number of fused-ring (bicyclic) bond motifs is 1. The molecule has 2 heterocycles. The minimum absolute atomic E-state index is 0.0600. The Balaban J connectivity index is 1.62. The van der Waals surface area contributed by atoms with E-state index in [0.29, 0.717) is 28.2 Å². The molecule has 4 aromatic rings. The molecule has 4 rings (SSSR count). The van der Waals surface area contributed by atoms with Crippen molar-refractivity contribution in [2.24, 2.45) is 0 Å². The van der Waals surface area contributed by atoms with Crippen molar-refractivity contribution in [1.82, 2.24) is 19.7 Å². The third-order valence-electron chi connectivity index (χ3n) is 4.80. The van der Waals surface area contributed by atoms with E-state index in [0.717, 1.165) is 23.4 Å². The van der Waals surface area contributed by atoms with Crippen LogP contribution in [0.1, 0.15) is 22.9 Å². The molecule has 0 fully saturated rings. The summed E-state index contributed by atoms with van der Waals surface area (Å²) in [6, 6.07) is 8.63. The van der Waals surface area contributed by atoms with Gasteiger partial charge in [0.15, 0.2) is 11.9 Å². The number of aromatic nitrogens is 4. The Hall–Kier alpha value is -3.56. The maximum absolute atomic E-state index is 13.5. The van der Waals surface area contributed by atoms with Crippen LogP contribution in [-0.2, 0) is 4.79 Å². The lowest BCUT2D eigenvalue weighted by Gasteiger charge is -2.14. The summed E-state index contributed by atoms with van der Waals surface area (Å²) >= 11 is 5.80. The molecule has 158 valence electrons. The number of nitrogens with one attached hydrogen (secondary N) is 1. The topological polar surface area (TPSA) is 119 Å². The van der Waals surface area contributed by atoms with Gasteiger partial charge in [0.05, 0.1) is 11.4 Å². The van der Waals surface area contributed by atoms with Gasteiger partial charge in [0.1, 0.15) is 23.2 Å². The van der Waals surface area contributed by atoms with Gasteiger partial charge in [0.25, 0.3) is 5.91 Å². The number of carbonyl (C=O) groups is 1. The van der Waals surface area contributed by atoms with E-state index < -0.39 is 17.8 Å². The summed E-state index contributed by atoms with van der Waals surface area (Å²) in [5.41, 5.74) is 10.0. The first-order valence-corrected chi connectivity index (χ1v) is 9.64. The first kappa shape index (κ1) is 20.7. The number of halogens is 2. The fourth-order valence-electron chi connectivity index (χ4n) is 3.35. The van der Waals surface area contributed by atoms with Crippen LogP contribution in [0.2, 0.25) is 5.02 Å². The van der Waals surface area contributed by atoms with Gasteiger partial charge in [-0.3, -0.25) is 4.79 Å². The standard InChI is InChI=1S/C21H18ClFN6O2/c1-10-5-15(27-21(31)19(30)12-6-13(22)8-14(23)7-12)3-4-16(10)29-18-17(11(2)28-29)25-9-26-20(18)24/h3-9,19,30H,1-2H3,(H,27,31)(H2,24,25,26)/t19-/m1/s1. The summed E-state index contributed by atoms with van der Waals surface area (Å²) < 4.78 is 15.2. The lowest BCUT2D eigenvalue weighted by molar-refractivity contribution is -0.124. The molecular weight excluding hydrogens is 423 g/mol. The first-order chi connectivity index (χ1) is 14.7. The van der Waals surface area contributed by atoms with Crippen molar-refractivity contribution < 1.29 is 14.3 Å². The number of hydrogen-bond acceptors (Lipinski definition) is 6. The fraction of sp³-hybridized carbons (Fsp3) is 0.143. The number of benzene rings is 2. The van der Waals surface area contributed by atoms with Gasteiger partial charge in [0.2, 0.25) is 0 Å². The quantitative estimate of drug-likeness (QED) is 0.447. The van der Waals surface area contributed by atoms with Crippen LogP contribution in [0.15, 0.2) is 42.7 Å². The van der Waals surface area contributed by atoms with Crippen molar-refractivity contribution in [3.05, 3.63) is 70.4 Å². The van der Waals surface area contributed by atoms with Gasteiger partial charge < -0.3 is 16.2 Å². The zero-order valence-corrected chi connectivity index (χ0v) is 17.4. The molecule has 1 atom stereocenters. The van der Waals surface area contributed by atoms with Gasteiger partial charge in [-0.05, 0) is 61.4 Å². The van der Waals surface area contributed by atoms with Gasteiger partial charge in [0, 0.05) is 10.7 Å². The molecule has 10 heteroatoms. The van der Waals surface area contributed by atoms with E-state index in [2.05, 4.69) is 20.4 Å². The Morgan fingerprint density at radius 1 is 1.23 bits per heavy atom. The second kappa shape index (κ2) is 7.93. The number of amides is 1. The highest BCUT2D eigenvalue weighted by Gasteiger charge is 2.20. The SMILES string of the molecule is Cc1cc(NC(=O)[C@H](O)c2cc(F)cc(Cl)c2)ccc1-n1nc(C)c2ncnc(N)c21. The highest BCUT2D eigenvalue weighted by Crippen LogP contribution is 2.27. The minimum Gasteiger partial charge on any atom is -0.382 e. The smallest absolute Gasteiger partial charge is 0.257 e. The molecule has 0 saturated heterocycles. The number of aliphatic hydroxyl groups excluding tert-OH is 1. The fourth-order valence-corrected chi connectivity index (χ4v) is 3.58. The molecule has 1 amide bonds. The second-order valence-corrected chi connectivity index (χ2v) is 7.49. The van der Waals surface area contributed by atoms with Gasteiger partial charge >= 0.3 is 0 Å². The Bertz CT molecular complexity index is 1300. The number of rotatable bonds is 4. The molecule has 2 aromatic heterocycles. The van der Waals surface area contributed by atoms with Crippen LogP contribution in [0, 0.1) is 19.7 Å². The van der Waals surface area contributed by atoms with Crippen LogP contribution >= 0.6 is 11.6 Å². The van der Waals surface area contributed by atoms with Crippen LogP contribution in [0.25, 0.3) is 16.7 Å². The second-order valence-electron chi connectivity index (χ2n) is 7.05. The minimum atomic E-state index is -1.58. The normalized spacial score (nSPS) is 12.2. The van der Waals surface area contributed by atoms with E-state index in [4.69, 9.17) is 17.3 Å². The number of hydrogen-bond donors (Lipinski definition) is 3. The van der Waals surface area contributed by atoms with E-state index in [1.807, 2.05) is 13.8 Å². The average molecular weight is 441 g/mol. The number of nitrogens with zero attached hydrogens (tertiary/aromatic N) is 4. The molecule has 0 aliphatic rings. The largest absolute Gasteiger partial charge is 0.382 e. The van der Waals surface area contributed by atoms with E-state index in [-0.39, 0.29) is 10.6 Å². The zero-order chi connectivity index (χ0) is 22.3. The molecule has 0 spiro atoms. The highest BCUT2D eigenvalue weighted by molar-refractivity contribution is 6.30. The summed E-state index contributed by atoms with van der Waals surface area (Å²) in [4.78, 5) is 20.7. The van der Waals surface area contributed by atoms with Crippen molar-refractivity contribution in [1.29, 1.82) is 0 Å². The molecule has 0 bridgehead atoms. The molecule has 0 saturated carbocycles. The molecule has 8 nitrogen and oxygen atoms in total. The van der Waals surface area contributed by atoms with E-state index in [1.165, 1.54) is 12.4 Å². The highest BCUT2D eigenvalue weighted by atomic mass is 35.5. The summed E-state index contributed by atoms with van der Waals surface area (Å²) in [6.07, 6.45) is -0.193. The molecular formula is C21H18ClFN6O2. The number of aliphatic hydroxyl groups is 1. The lowest BCUT2D eigenvalue weighted by Crippen LogP contribution is -2.21. The Labute approximate surface area is 181 Å². The molecule has 0 aliphatic heterocycles. The monoisotopic (exact) mass is 440 g/mol. The van der Waals surface area contributed by atoms with E-state index in [1.54, 1.807) is 22.9 Å². The van der Waals surface area contributed by atoms with Crippen LogP contribution in [0.3, 0.4) is 0 Å². The Morgan fingerprint density at radius 2 is 2.00 bits per heavy atom. The van der Waals surface area contributed by atoms with Crippen molar-refractivity contribution in [2.75, 3.05) is 11.1 Å². The van der Waals surface area contributed by atoms with Gasteiger partial charge in [-0.15, -0.1) is 0 Å². The summed E-state index contributed by atoms with van der Waals surface area (Å²) in [5.74, 6) is -1.05. The number of aryl methyl sites for hydroxylation is 2. The number of carbonyl (C=O) groups excluding carboxylic acids is 1. The average Bonchev–Trinajstić information content (AvgIpc) is 3.04. The van der Waals surface area contributed by atoms with Crippen molar-refractivity contribution in [2.45, 2.75) is 20.0 Å². The molecule has 31 heavy (non-hydrogen) atoms. The molecule has 0 unspecified atom stereocenters. The Kier molecular flexibility index (Phi) is 5.30. The maximum Gasteiger partial charge on any atom is 0.257 e. The van der Waals surface area contributed by atoms with Crippen LogP contribution in [-0.4, -0.2) is 30.8 Å². The van der Waals surface area contributed by atoms with Gasteiger partial charge in [-0.2, -0.15) is 5.10 Å². The third-order valence-corrected chi connectivity index (χ3v) is 5.01. The summed E-state index contributed by atoms with van der Waals surface area (Å²) in [6.45, 7) is 3.67. The number of nitrogen functional groups attached to an aromatic ring is 1. The van der Waals surface area contributed by atoms with Crippen molar-refractivity contribution in [3.63, 3.8) is 0 Å². The van der Waals surface area contributed by atoms with Gasteiger partial charge in [-0.25, -0.2) is 19.0 Å². The molecule has 0 aliphatic carbocycles. The maximum atomic E-state index is 13.5.